The lowest BCUT2D eigenvalue weighted by atomic mass is 10.00. The Kier molecular flexibility index (Phi) is 6.01. The van der Waals surface area contributed by atoms with Crippen molar-refractivity contribution >= 4 is 29.0 Å². The summed E-state index contributed by atoms with van der Waals surface area (Å²) in [5.74, 6) is 1.99. The molecule has 3 rings (SSSR count). The molecule has 27 heavy (non-hydrogen) atoms. The van der Waals surface area contributed by atoms with Crippen molar-refractivity contribution in [2.24, 2.45) is 5.92 Å². The van der Waals surface area contributed by atoms with Crippen molar-refractivity contribution in [1.29, 1.82) is 0 Å². The fourth-order valence-corrected chi connectivity index (χ4v) is 3.38. The minimum absolute atomic E-state index is 0.0775. The number of methoxy groups -OCH3 is 2. The van der Waals surface area contributed by atoms with Gasteiger partial charge >= 0.3 is 0 Å². The van der Waals surface area contributed by atoms with Gasteiger partial charge in [-0.25, -0.2) is 0 Å². The maximum absolute atomic E-state index is 12.6. The SMILES string of the molecule is COc1cc(Nc2ccc(C(=O)N3CCCC(C)C3)nn2)c(OC)cc1Cl. The first-order chi connectivity index (χ1) is 13.0. The molecule has 1 aliphatic heterocycles. The lowest BCUT2D eigenvalue weighted by molar-refractivity contribution is 0.0676. The van der Waals surface area contributed by atoms with Gasteiger partial charge in [-0.1, -0.05) is 18.5 Å². The summed E-state index contributed by atoms with van der Waals surface area (Å²) in [6.07, 6.45) is 2.18. The predicted molar refractivity (Wildman–Crippen MR) is 104 cm³/mol. The molecule has 1 fully saturated rings. The number of hydrogen-bond acceptors (Lipinski definition) is 6. The van der Waals surface area contributed by atoms with Gasteiger partial charge in [-0.2, -0.15) is 0 Å². The number of piperidine rings is 1. The average molecular weight is 391 g/mol. The third kappa shape index (κ3) is 4.42. The zero-order valence-corrected chi connectivity index (χ0v) is 16.4. The van der Waals surface area contributed by atoms with Crippen molar-refractivity contribution in [3.8, 4) is 11.5 Å². The number of carbonyl (C=O) groups is 1. The second-order valence-electron chi connectivity index (χ2n) is 6.61. The van der Waals surface area contributed by atoms with E-state index in [4.69, 9.17) is 21.1 Å². The van der Waals surface area contributed by atoms with Gasteiger partial charge in [0.25, 0.3) is 5.91 Å². The van der Waals surface area contributed by atoms with Crippen LogP contribution in [0.25, 0.3) is 0 Å². The van der Waals surface area contributed by atoms with E-state index in [1.165, 1.54) is 0 Å². The van der Waals surface area contributed by atoms with E-state index < -0.39 is 0 Å². The molecule has 1 aliphatic rings. The van der Waals surface area contributed by atoms with Gasteiger partial charge in [-0.05, 0) is 30.9 Å². The molecule has 1 unspecified atom stereocenters. The molecule has 0 aliphatic carbocycles. The summed E-state index contributed by atoms with van der Waals surface area (Å²) in [5.41, 5.74) is 0.979. The van der Waals surface area contributed by atoms with Gasteiger partial charge in [0.05, 0.1) is 24.9 Å². The molecule has 1 saturated heterocycles. The number of anilines is 2. The quantitative estimate of drug-likeness (QED) is 0.837. The number of likely N-dealkylation sites (tertiary alicyclic amines) is 1. The van der Waals surface area contributed by atoms with Crippen LogP contribution in [0.2, 0.25) is 5.02 Å². The van der Waals surface area contributed by atoms with Gasteiger partial charge in [0.15, 0.2) is 11.5 Å². The third-order valence-electron chi connectivity index (χ3n) is 4.56. The molecule has 144 valence electrons. The second kappa shape index (κ2) is 8.43. The third-order valence-corrected chi connectivity index (χ3v) is 4.86. The molecule has 7 nitrogen and oxygen atoms in total. The standard InChI is InChI=1S/C19H23ClN4O3/c1-12-5-4-8-24(11-12)19(25)14-6-7-18(23-22-14)21-15-10-16(26-2)13(20)9-17(15)27-3/h6-7,9-10,12H,4-5,8,11H2,1-3H3,(H,21,23). The molecule has 1 amide bonds. The van der Waals surface area contributed by atoms with Crippen molar-refractivity contribution < 1.29 is 14.3 Å². The molecule has 1 N–H and O–H groups in total. The fourth-order valence-electron chi connectivity index (χ4n) is 3.14. The van der Waals surface area contributed by atoms with Crippen LogP contribution in [0.3, 0.4) is 0 Å². The molecule has 2 heterocycles. The molecule has 1 aromatic carbocycles. The van der Waals surface area contributed by atoms with Crippen LogP contribution in [0.4, 0.5) is 11.5 Å². The smallest absolute Gasteiger partial charge is 0.274 e. The number of benzene rings is 1. The van der Waals surface area contributed by atoms with Crippen LogP contribution in [-0.2, 0) is 0 Å². The van der Waals surface area contributed by atoms with Crippen molar-refractivity contribution in [3.05, 3.63) is 35.0 Å². The number of carbonyl (C=O) groups excluding carboxylic acids is 1. The van der Waals surface area contributed by atoms with E-state index in [-0.39, 0.29) is 5.91 Å². The molecule has 2 aromatic rings. The molecule has 0 bridgehead atoms. The number of nitrogens with one attached hydrogen (secondary N) is 1. The Hall–Kier alpha value is -2.54. The number of hydrogen-bond donors (Lipinski definition) is 1. The summed E-state index contributed by atoms with van der Waals surface area (Å²) < 4.78 is 10.6. The van der Waals surface area contributed by atoms with Crippen molar-refractivity contribution in [2.75, 3.05) is 32.6 Å². The number of nitrogens with zero attached hydrogens (tertiary/aromatic N) is 3. The molecule has 0 spiro atoms. The molecule has 1 aromatic heterocycles. The summed E-state index contributed by atoms with van der Waals surface area (Å²) in [6, 6.07) is 6.77. The van der Waals surface area contributed by atoms with Crippen molar-refractivity contribution in [2.45, 2.75) is 19.8 Å². The lowest BCUT2D eigenvalue weighted by Crippen LogP contribution is -2.39. The predicted octanol–water partition coefficient (Wildman–Crippen LogP) is 3.76. The molecule has 1 atom stereocenters. The van der Waals surface area contributed by atoms with E-state index in [9.17, 15) is 4.79 Å². The Morgan fingerprint density at radius 1 is 1.22 bits per heavy atom. The highest BCUT2D eigenvalue weighted by molar-refractivity contribution is 6.32. The Balaban J connectivity index is 1.75. The summed E-state index contributed by atoms with van der Waals surface area (Å²) in [6.45, 7) is 3.70. The van der Waals surface area contributed by atoms with E-state index >= 15 is 0 Å². The molecule has 0 radical (unpaired) electrons. The van der Waals surface area contributed by atoms with E-state index in [1.54, 1.807) is 38.5 Å². The topological polar surface area (TPSA) is 76.6 Å². The van der Waals surface area contributed by atoms with Crippen LogP contribution < -0.4 is 14.8 Å². The molecule has 0 saturated carbocycles. The Labute approximate surface area is 163 Å². The van der Waals surface area contributed by atoms with Crippen LogP contribution in [0.5, 0.6) is 11.5 Å². The Morgan fingerprint density at radius 3 is 2.63 bits per heavy atom. The van der Waals surface area contributed by atoms with Crippen LogP contribution >= 0.6 is 11.6 Å². The van der Waals surface area contributed by atoms with Crippen molar-refractivity contribution in [1.82, 2.24) is 15.1 Å². The average Bonchev–Trinajstić information content (AvgIpc) is 2.69. The summed E-state index contributed by atoms with van der Waals surface area (Å²) >= 11 is 6.12. The maximum Gasteiger partial charge on any atom is 0.274 e. The number of halogens is 1. The minimum atomic E-state index is -0.0775. The number of rotatable bonds is 5. The molecular formula is C19H23ClN4O3. The monoisotopic (exact) mass is 390 g/mol. The fraction of sp³-hybridized carbons (Fsp3) is 0.421. The summed E-state index contributed by atoms with van der Waals surface area (Å²) in [5, 5.41) is 11.8. The van der Waals surface area contributed by atoms with E-state index in [0.29, 0.717) is 39.6 Å². The van der Waals surface area contributed by atoms with Gasteiger partial charge < -0.3 is 19.7 Å². The number of aromatic nitrogens is 2. The normalized spacial score (nSPS) is 16.7. The Morgan fingerprint density at radius 2 is 2.00 bits per heavy atom. The largest absolute Gasteiger partial charge is 0.495 e. The number of ether oxygens (including phenoxy) is 2. The lowest BCUT2D eigenvalue weighted by Gasteiger charge is -2.30. The first-order valence-electron chi connectivity index (χ1n) is 8.83. The zero-order chi connectivity index (χ0) is 19.4. The van der Waals surface area contributed by atoms with Gasteiger partial charge in [-0.3, -0.25) is 4.79 Å². The zero-order valence-electron chi connectivity index (χ0n) is 15.7. The van der Waals surface area contributed by atoms with Gasteiger partial charge in [0.2, 0.25) is 0 Å². The minimum Gasteiger partial charge on any atom is -0.495 e. The molecule has 8 heteroatoms. The maximum atomic E-state index is 12.6. The van der Waals surface area contributed by atoms with Crippen LogP contribution in [0.15, 0.2) is 24.3 Å². The van der Waals surface area contributed by atoms with Crippen LogP contribution in [0.1, 0.15) is 30.3 Å². The van der Waals surface area contributed by atoms with Crippen LogP contribution in [0, 0.1) is 5.92 Å². The molecular weight excluding hydrogens is 368 g/mol. The highest BCUT2D eigenvalue weighted by atomic mass is 35.5. The van der Waals surface area contributed by atoms with Gasteiger partial charge in [0, 0.05) is 25.2 Å². The number of amides is 1. The van der Waals surface area contributed by atoms with Crippen molar-refractivity contribution in [3.63, 3.8) is 0 Å². The van der Waals surface area contributed by atoms with E-state index in [0.717, 1.165) is 25.9 Å². The summed E-state index contributed by atoms with van der Waals surface area (Å²) in [7, 11) is 3.09. The second-order valence-corrected chi connectivity index (χ2v) is 7.02. The first kappa shape index (κ1) is 19.2. The van der Waals surface area contributed by atoms with Gasteiger partial charge in [0.1, 0.15) is 11.5 Å². The first-order valence-corrected chi connectivity index (χ1v) is 9.21. The van der Waals surface area contributed by atoms with E-state index in [1.807, 2.05) is 4.90 Å². The van der Waals surface area contributed by atoms with Crippen LogP contribution in [-0.4, -0.2) is 48.3 Å². The Bertz CT molecular complexity index is 813. The van der Waals surface area contributed by atoms with E-state index in [2.05, 4.69) is 22.4 Å². The van der Waals surface area contributed by atoms with Gasteiger partial charge in [-0.15, -0.1) is 10.2 Å². The summed E-state index contributed by atoms with van der Waals surface area (Å²) in [4.78, 5) is 14.4. The highest BCUT2D eigenvalue weighted by Gasteiger charge is 2.23. The highest BCUT2D eigenvalue weighted by Crippen LogP contribution is 2.37.